The van der Waals surface area contributed by atoms with Gasteiger partial charge in [0.1, 0.15) is 0 Å². The number of carbonyl (C=O) groups is 2. The summed E-state index contributed by atoms with van der Waals surface area (Å²) in [6, 6.07) is 5.80. The van der Waals surface area contributed by atoms with E-state index in [1.54, 1.807) is 19.9 Å². The van der Waals surface area contributed by atoms with Crippen LogP contribution in [0.4, 0.5) is 5.69 Å². The molecule has 1 aromatic carbocycles. The first-order valence-corrected chi connectivity index (χ1v) is 7.83. The third kappa shape index (κ3) is 4.28. The summed E-state index contributed by atoms with van der Waals surface area (Å²) in [4.78, 5) is 38.9. The fourth-order valence-corrected chi connectivity index (χ4v) is 2.42. The lowest BCUT2D eigenvalue weighted by Gasteiger charge is -2.19. The summed E-state index contributed by atoms with van der Waals surface area (Å²) >= 11 is 0. The zero-order valence-electron chi connectivity index (χ0n) is 13.9. The minimum absolute atomic E-state index is 0.0686. The van der Waals surface area contributed by atoms with E-state index >= 15 is 0 Å². The van der Waals surface area contributed by atoms with E-state index in [0.29, 0.717) is 5.56 Å². The van der Waals surface area contributed by atoms with E-state index in [0.717, 1.165) is 0 Å². The minimum atomic E-state index is -0.693. The first-order chi connectivity index (χ1) is 12.0. The van der Waals surface area contributed by atoms with E-state index in [9.17, 15) is 19.7 Å². The first-order valence-electron chi connectivity index (χ1n) is 7.83. The highest BCUT2D eigenvalue weighted by atomic mass is 16.6. The summed E-state index contributed by atoms with van der Waals surface area (Å²) in [7, 11) is 0. The molecule has 0 amide bonds. The monoisotopic (exact) mass is 346 g/mol. The molecule has 2 rings (SSSR count). The molecule has 0 aromatic heterocycles. The van der Waals surface area contributed by atoms with Crippen molar-refractivity contribution in [3.8, 4) is 0 Å². The molecule has 1 aliphatic heterocycles. The number of nitro benzene ring substituents is 1. The van der Waals surface area contributed by atoms with Crippen molar-refractivity contribution < 1.29 is 24.0 Å². The standard InChI is InChI=1S/C17H18N2O6/c1-3-24-16(20)12-9-14(17(21)25-4-2)15(18-10-12)11-6-5-7-13(8-11)19(22)23/h5-8,10,12H,3-4,9H2,1-2H3. The van der Waals surface area contributed by atoms with Crippen LogP contribution in [-0.4, -0.2) is 36.3 Å². The number of nitrogens with zero attached hydrogens (tertiary/aromatic N) is 2. The van der Waals surface area contributed by atoms with E-state index < -0.39 is 22.8 Å². The maximum absolute atomic E-state index is 12.3. The summed E-state index contributed by atoms with van der Waals surface area (Å²) < 4.78 is 10.0. The van der Waals surface area contributed by atoms with Gasteiger partial charge < -0.3 is 9.47 Å². The van der Waals surface area contributed by atoms with Crippen LogP contribution in [0.1, 0.15) is 25.8 Å². The number of nitro groups is 1. The molecule has 1 atom stereocenters. The molecule has 1 aliphatic rings. The Kier molecular flexibility index (Phi) is 5.99. The Morgan fingerprint density at radius 1 is 1.28 bits per heavy atom. The molecule has 25 heavy (non-hydrogen) atoms. The Labute approximate surface area is 144 Å². The largest absolute Gasteiger partial charge is 0.465 e. The van der Waals surface area contributed by atoms with Gasteiger partial charge in [-0.15, -0.1) is 0 Å². The van der Waals surface area contributed by atoms with Crippen molar-refractivity contribution in [2.75, 3.05) is 13.2 Å². The second kappa shape index (κ2) is 8.18. The molecule has 0 saturated carbocycles. The second-order valence-electron chi connectivity index (χ2n) is 5.20. The Balaban J connectivity index is 2.43. The second-order valence-corrected chi connectivity index (χ2v) is 5.20. The molecule has 8 nitrogen and oxygen atoms in total. The van der Waals surface area contributed by atoms with E-state index in [1.165, 1.54) is 24.4 Å². The molecular weight excluding hydrogens is 328 g/mol. The van der Waals surface area contributed by atoms with Crippen molar-refractivity contribution in [1.29, 1.82) is 0 Å². The van der Waals surface area contributed by atoms with Gasteiger partial charge in [-0.1, -0.05) is 12.1 Å². The summed E-state index contributed by atoms with van der Waals surface area (Å²) in [5, 5.41) is 11.0. The molecule has 1 aromatic rings. The Bertz CT molecular complexity index is 753. The third-order valence-corrected chi connectivity index (χ3v) is 3.54. The lowest BCUT2D eigenvalue weighted by molar-refractivity contribution is -0.384. The molecule has 0 aliphatic carbocycles. The van der Waals surface area contributed by atoms with Gasteiger partial charge in [0.25, 0.3) is 5.69 Å². The molecule has 8 heteroatoms. The number of esters is 2. The molecule has 0 radical (unpaired) electrons. The number of aliphatic imine (C=N–C) groups is 1. The predicted octanol–water partition coefficient (Wildman–Crippen LogP) is 2.52. The van der Waals surface area contributed by atoms with Crippen LogP contribution in [0.15, 0.2) is 34.8 Å². The molecule has 0 saturated heterocycles. The van der Waals surface area contributed by atoms with Gasteiger partial charge in [-0.2, -0.15) is 0 Å². The number of non-ortho nitro benzene ring substituents is 1. The van der Waals surface area contributed by atoms with E-state index in [2.05, 4.69) is 4.99 Å². The fraction of sp³-hybridized carbons (Fsp3) is 0.353. The molecule has 0 fully saturated rings. The molecule has 1 heterocycles. The summed E-state index contributed by atoms with van der Waals surface area (Å²) in [6.07, 6.45) is 1.47. The lowest BCUT2D eigenvalue weighted by atomic mass is 9.93. The van der Waals surface area contributed by atoms with Crippen LogP contribution in [0.5, 0.6) is 0 Å². The number of rotatable bonds is 6. The highest BCUT2D eigenvalue weighted by Gasteiger charge is 2.30. The topological polar surface area (TPSA) is 108 Å². The molecule has 0 spiro atoms. The number of hydrogen-bond acceptors (Lipinski definition) is 7. The normalized spacial score (nSPS) is 16.5. The maximum atomic E-state index is 12.3. The van der Waals surface area contributed by atoms with Crippen molar-refractivity contribution in [3.63, 3.8) is 0 Å². The highest BCUT2D eigenvalue weighted by Crippen LogP contribution is 2.31. The Hall–Kier alpha value is -3.03. The number of benzene rings is 1. The maximum Gasteiger partial charge on any atom is 0.336 e. The van der Waals surface area contributed by atoms with Gasteiger partial charge in [0, 0.05) is 23.9 Å². The third-order valence-electron chi connectivity index (χ3n) is 3.54. The zero-order valence-corrected chi connectivity index (χ0v) is 13.9. The summed E-state index contributed by atoms with van der Waals surface area (Å²) in [6.45, 7) is 3.74. The van der Waals surface area contributed by atoms with E-state index in [-0.39, 0.29) is 36.6 Å². The smallest absolute Gasteiger partial charge is 0.336 e. The molecule has 132 valence electrons. The van der Waals surface area contributed by atoms with Crippen molar-refractivity contribution in [1.82, 2.24) is 0 Å². The quantitative estimate of drug-likeness (QED) is 0.445. The number of hydrogen-bond donors (Lipinski definition) is 0. The van der Waals surface area contributed by atoms with Crippen LogP contribution in [0.25, 0.3) is 5.70 Å². The van der Waals surface area contributed by atoms with Gasteiger partial charge in [-0.3, -0.25) is 19.9 Å². The van der Waals surface area contributed by atoms with Gasteiger partial charge in [0.2, 0.25) is 0 Å². The average Bonchev–Trinajstić information content (AvgIpc) is 2.61. The van der Waals surface area contributed by atoms with Gasteiger partial charge in [0.05, 0.1) is 35.3 Å². The van der Waals surface area contributed by atoms with Crippen LogP contribution in [0, 0.1) is 16.0 Å². The molecule has 0 bridgehead atoms. The predicted molar refractivity (Wildman–Crippen MR) is 89.9 cm³/mol. The Morgan fingerprint density at radius 3 is 2.64 bits per heavy atom. The average molecular weight is 346 g/mol. The van der Waals surface area contributed by atoms with Crippen LogP contribution >= 0.6 is 0 Å². The van der Waals surface area contributed by atoms with Crippen molar-refractivity contribution in [3.05, 3.63) is 45.5 Å². The van der Waals surface area contributed by atoms with Crippen LogP contribution < -0.4 is 0 Å². The first kappa shape index (κ1) is 18.3. The van der Waals surface area contributed by atoms with Crippen LogP contribution in [-0.2, 0) is 19.1 Å². The van der Waals surface area contributed by atoms with Crippen molar-refractivity contribution >= 4 is 29.5 Å². The van der Waals surface area contributed by atoms with E-state index in [1.807, 2.05) is 0 Å². The van der Waals surface area contributed by atoms with Crippen LogP contribution in [0.2, 0.25) is 0 Å². The zero-order chi connectivity index (χ0) is 18.4. The lowest BCUT2D eigenvalue weighted by Crippen LogP contribution is -2.25. The number of ether oxygens (including phenoxy) is 2. The van der Waals surface area contributed by atoms with Crippen molar-refractivity contribution in [2.45, 2.75) is 20.3 Å². The molecule has 1 unspecified atom stereocenters. The van der Waals surface area contributed by atoms with Gasteiger partial charge in [-0.25, -0.2) is 4.79 Å². The van der Waals surface area contributed by atoms with E-state index in [4.69, 9.17) is 9.47 Å². The molecule has 0 N–H and O–H groups in total. The fourth-order valence-electron chi connectivity index (χ4n) is 2.42. The minimum Gasteiger partial charge on any atom is -0.465 e. The number of carbonyl (C=O) groups excluding carboxylic acids is 2. The Morgan fingerprint density at radius 2 is 2.00 bits per heavy atom. The molecular formula is C17H18N2O6. The summed E-state index contributed by atoms with van der Waals surface area (Å²) in [5.41, 5.74) is 0.761. The van der Waals surface area contributed by atoms with Crippen LogP contribution in [0.3, 0.4) is 0 Å². The van der Waals surface area contributed by atoms with Gasteiger partial charge >= 0.3 is 11.9 Å². The van der Waals surface area contributed by atoms with Gasteiger partial charge in [0.15, 0.2) is 0 Å². The van der Waals surface area contributed by atoms with Crippen molar-refractivity contribution in [2.24, 2.45) is 10.9 Å². The SMILES string of the molecule is CCOC(=O)C1=C(c2cccc([N+](=O)[O-])c2)N=CC(C(=O)OCC)C1. The van der Waals surface area contributed by atoms with Gasteiger partial charge in [-0.05, 0) is 20.3 Å². The highest BCUT2D eigenvalue weighted by molar-refractivity contribution is 6.04. The summed E-state index contributed by atoms with van der Waals surface area (Å²) in [5.74, 6) is -1.77.